The molecule has 3 atom stereocenters. The number of halogens is 2. The molecule has 0 saturated carbocycles. The molecule has 2 N–H and O–H groups in total. The maximum Gasteiger partial charge on any atom is 0.328 e. The van der Waals surface area contributed by atoms with Crippen LogP contribution in [0.15, 0.2) is 16.6 Å². The van der Waals surface area contributed by atoms with Crippen LogP contribution in [0.4, 0.5) is 14.9 Å². The number of urea groups is 1. The van der Waals surface area contributed by atoms with Crippen LogP contribution in [0.5, 0.6) is 0 Å². The van der Waals surface area contributed by atoms with Gasteiger partial charge in [0, 0.05) is 17.4 Å². The summed E-state index contributed by atoms with van der Waals surface area (Å²) < 4.78 is 21.7. The Hall–Kier alpha value is -2.00. The van der Waals surface area contributed by atoms with E-state index in [2.05, 4.69) is 26.6 Å². The summed E-state index contributed by atoms with van der Waals surface area (Å²) in [7, 11) is 0. The predicted octanol–water partition coefficient (Wildman–Crippen LogP) is 2.11. The lowest BCUT2D eigenvalue weighted by molar-refractivity contribution is -0.156. The van der Waals surface area contributed by atoms with Gasteiger partial charge in [-0.15, -0.1) is 0 Å². The molecule has 0 radical (unpaired) electrons. The number of amides is 4. The van der Waals surface area contributed by atoms with Crippen molar-refractivity contribution in [3.8, 4) is 0 Å². The molecule has 3 aliphatic heterocycles. The zero-order valence-corrected chi connectivity index (χ0v) is 17.3. The van der Waals surface area contributed by atoms with Crippen molar-refractivity contribution in [1.82, 2.24) is 10.6 Å². The molecule has 0 bridgehead atoms. The third-order valence-corrected chi connectivity index (χ3v) is 6.24. The number of fused-ring (bicyclic) bond motifs is 4. The second kappa shape index (κ2) is 6.52. The van der Waals surface area contributed by atoms with Crippen LogP contribution in [0.3, 0.4) is 0 Å². The van der Waals surface area contributed by atoms with E-state index >= 15 is 4.39 Å². The fraction of sp³-hybridized carbons (Fsp3) is 0.526. The summed E-state index contributed by atoms with van der Waals surface area (Å²) >= 11 is 3.29. The van der Waals surface area contributed by atoms with Gasteiger partial charge in [-0.3, -0.25) is 20.2 Å². The van der Waals surface area contributed by atoms with Crippen LogP contribution < -0.4 is 15.5 Å². The maximum atomic E-state index is 15.0. The minimum atomic E-state index is -1.59. The highest BCUT2D eigenvalue weighted by atomic mass is 79.9. The van der Waals surface area contributed by atoms with Gasteiger partial charge in [0.1, 0.15) is 5.82 Å². The summed E-state index contributed by atoms with van der Waals surface area (Å²) in [6, 6.07) is 1.52. The smallest absolute Gasteiger partial charge is 0.328 e. The van der Waals surface area contributed by atoms with Gasteiger partial charge in [0.25, 0.3) is 0 Å². The van der Waals surface area contributed by atoms with Crippen molar-refractivity contribution in [2.24, 2.45) is 11.3 Å². The highest BCUT2D eigenvalue weighted by Gasteiger charge is 2.64. The SMILES string of the molecule is CC(C)[C@@H]1O[C@H](C)CN2c3c(F)cc(Br)cc3CC3(C(=O)NC(=O)NC3=O)[C@@H]12. The molecular formula is C19H21BrFN3O4. The summed E-state index contributed by atoms with van der Waals surface area (Å²) in [5.74, 6) is -1.81. The average molecular weight is 454 g/mol. The summed E-state index contributed by atoms with van der Waals surface area (Å²) in [6.45, 7) is 6.08. The minimum absolute atomic E-state index is 0.0221. The Balaban J connectivity index is 1.97. The first-order valence-electron chi connectivity index (χ1n) is 9.22. The average Bonchev–Trinajstić information content (AvgIpc) is 2.57. The first kappa shape index (κ1) is 19.3. The number of barbiturate groups is 1. The van der Waals surface area contributed by atoms with Crippen molar-refractivity contribution in [1.29, 1.82) is 0 Å². The third-order valence-electron chi connectivity index (χ3n) is 5.78. The molecule has 0 aliphatic carbocycles. The molecule has 1 aromatic rings. The Morgan fingerprint density at radius 2 is 1.89 bits per heavy atom. The van der Waals surface area contributed by atoms with Crippen molar-refractivity contribution < 1.29 is 23.5 Å². The van der Waals surface area contributed by atoms with E-state index < -0.39 is 41.2 Å². The van der Waals surface area contributed by atoms with Gasteiger partial charge in [0.05, 0.1) is 23.9 Å². The fourth-order valence-electron chi connectivity index (χ4n) is 4.73. The standard InChI is InChI=1S/C19H21BrFN3O4/c1-8(2)14-15-19(16(25)22-18(27)23-17(19)26)6-10-4-11(20)5-12(21)13(10)24(15)7-9(3)28-14/h4-5,8-9,14-15H,6-7H2,1-3H3,(H2,22,23,25,26,27)/t9-,14+,15-/m1/s1. The van der Waals surface area contributed by atoms with Gasteiger partial charge in [-0.05, 0) is 30.5 Å². The van der Waals surface area contributed by atoms with Crippen molar-refractivity contribution in [2.45, 2.75) is 45.4 Å². The van der Waals surface area contributed by atoms with Crippen LogP contribution in [0, 0.1) is 17.2 Å². The molecule has 0 unspecified atom stereocenters. The zero-order chi connectivity index (χ0) is 20.4. The van der Waals surface area contributed by atoms with Crippen molar-refractivity contribution in [3.05, 3.63) is 28.0 Å². The number of morpholine rings is 1. The van der Waals surface area contributed by atoms with Crippen molar-refractivity contribution in [2.75, 3.05) is 11.4 Å². The number of anilines is 1. The van der Waals surface area contributed by atoms with E-state index in [1.165, 1.54) is 6.07 Å². The lowest BCUT2D eigenvalue weighted by Gasteiger charge is -2.56. The Labute approximate surface area is 170 Å². The second-order valence-corrected chi connectivity index (χ2v) is 8.95. The van der Waals surface area contributed by atoms with E-state index in [1.807, 2.05) is 20.8 Å². The number of hydrogen-bond donors (Lipinski definition) is 2. The summed E-state index contributed by atoms with van der Waals surface area (Å²) in [6.07, 6.45) is -0.734. The van der Waals surface area contributed by atoms with E-state index in [0.29, 0.717) is 22.3 Å². The van der Waals surface area contributed by atoms with E-state index in [-0.39, 0.29) is 18.4 Å². The van der Waals surface area contributed by atoms with Crippen LogP contribution in [-0.4, -0.2) is 42.6 Å². The monoisotopic (exact) mass is 453 g/mol. The number of carbonyl (C=O) groups excluding carboxylic acids is 3. The Morgan fingerprint density at radius 1 is 1.25 bits per heavy atom. The molecule has 2 saturated heterocycles. The van der Waals surface area contributed by atoms with Crippen LogP contribution in [-0.2, 0) is 20.7 Å². The number of nitrogens with zero attached hydrogens (tertiary/aromatic N) is 1. The summed E-state index contributed by atoms with van der Waals surface area (Å²) in [5, 5.41) is 4.47. The van der Waals surface area contributed by atoms with Gasteiger partial charge in [-0.2, -0.15) is 0 Å². The number of carbonyl (C=O) groups is 3. The molecule has 1 aromatic carbocycles. The van der Waals surface area contributed by atoms with Gasteiger partial charge < -0.3 is 9.64 Å². The van der Waals surface area contributed by atoms with Crippen LogP contribution >= 0.6 is 15.9 Å². The topological polar surface area (TPSA) is 87.7 Å². The quantitative estimate of drug-likeness (QED) is 0.635. The molecule has 3 aliphatic rings. The molecule has 150 valence electrons. The second-order valence-electron chi connectivity index (χ2n) is 8.03. The molecule has 4 amide bonds. The molecule has 9 heteroatoms. The number of benzene rings is 1. The summed E-state index contributed by atoms with van der Waals surface area (Å²) in [5.41, 5.74) is -0.667. The normalized spacial score (nSPS) is 28.7. The molecule has 0 aromatic heterocycles. The molecule has 28 heavy (non-hydrogen) atoms. The Morgan fingerprint density at radius 3 is 2.50 bits per heavy atom. The molecule has 1 spiro atoms. The largest absolute Gasteiger partial charge is 0.371 e. The third kappa shape index (κ3) is 2.67. The van der Waals surface area contributed by atoms with E-state index in [0.717, 1.165) is 0 Å². The minimum Gasteiger partial charge on any atom is -0.371 e. The maximum absolute atomic E-state index is 15.0. The van der Waals surface area contributed by atoms with E-state index in [4.69, 9.17) is 4.74 Å². The highest BCUT2D eigenvalue weighted by molar-refractivity contribution is 9.10. The van der Waals surface area contributed by atoms with Crippen LogP contribution in [0.2, 0.25) is 0 Å². The van der Waals surface area contributed by atoms with Gasteiger partial charge in [0.2, 0.25) is 11.8 Å². The molecule has 7 nitrogen and oxygen atoms in total. The summed E-state index contributed by atoms with van der Waals surface area (Å²) in [4.78, 5) is 39.7. The van der Waals surface area contributed by atoms with Crippen LogP contribution in [0.1, 0.15) is 26.3 Å². The van der Waals surface area contributed by atoms with Crippen LogP contribution in [0.25, 0.3) is 0 Å². The van der Waals surface area contributed by atoms with Gasteiger partial charge in [-0.25, -0.2) is 9.18 Å². The van der Waals surface area contributed by atoms with E-state index in [9.17, 15) is 14.4 Å². The fourth-order valence-corrected chi connectivity index (χ4v) is 5.20. The predicted molar refractivity (Wildman–Crippen MR) is 102 cm³/mol. The first-order valence-corrected chi connectivity index (χ1v) is 10.0. The van der Waals surface area contributed by atoms with Gasteiger partial charge in [-0.1, -0.05) is 29.8 Å². The molecular weight excluding hydrogens is 433 g/mol. The number of hydrogen-bond acceptors (Lipinski definition) is 5. The molecule has 3 heterocycles. The number of ether oxygens (including phenoxy) is 1. The Bertz CT molecular complexity index is 870. The Kier molecular flexibility index (Phi) is 4.50. The highest BCUT2D eigenvalue weighted by Crippen LogP contribution is 2.49. The zero-order valence-electron chi connectivity index (χ0n) is 15.7. The number of nitrogens with one attached hydrogen (secondary N) is 2. The van der Waals surface area contributed by atoms with Crippen molar-refractivity contribution in [3.63, 3.8) is 0 Å². The van der Waals surface area contributed by atoms with Gasteiger partial charge in [0.15, 0.2) is 5.41 Å². The first-order chi connectivity index (χ1) is 13.1. The van der Waals surface area contributed by atoms with Gasteiger partial charge >= 0.3 is 6.03 Å². The van der Waals surface area contributed by atoms with E-state index in [1.54, 1.807) is 11.0 Å². The lowest BCUT2D eigenvalue weighted by Crippen LogP contribution is -2.76. The molecule has 4 rings (SSSR count). The molecule has 2 fully saturated rings. The number of rotatable bonds is 1. The number of imide groups is 2. The lowest BCUT2D eigenvalue weighted by atomic mass is 9.65. The van der Waals surface area contributed by atoms with Crippen molar-refractivity contribution >= 4 is 39.5 Å².